The quantitative estimate of drug-likeness (QED) is 0.0603. The molecule has 12 rings (SSSR count). The molecular formula is C85H152N4O6. The predicted molar refractivity (Wildman–Crippen MR) is 392 cm³/mol. The molecule has 0 saturated heterocycles. The Morgan fingerprint density at radius 3 is 0.811 bits per heavy atom. The summed E-state index contributed by atoms with van der Waals surface area (Å²) >= 11 is 0. The van der Waals surface area contributed by atoms with Gasteiger partial charge in [0.2, 0.25) is 0 Å². The summed E-state index contributed by atoms with van der Waals surface area (Å²) in [5.41, 5.74) is 0. The van der Waals surface area contributed by atoms with Gasteiger partial charge in [-0.1, -0.05) is 110 Å². The molecule has 12 fully saturated rings. The van der Waals surface area contributed by atoms with Gasteiger partial charge < -0.3 is 29.5 Å². The minimum Gasteiger partial charge on any atom is -0.393 e. The lowest BCUT2D eigenvalue weighted by Crippen LogP contribution is -2.53. The summed E-state index contributed by atoms with van der Waals surface area (Å²) in [7, 11) is 0. The molecule has 12 aliphatic rings. The largest absolute Gasteiger partial charge is 0.393 e. The van der Waals surface area contributed by atoms with Gasteiger partial charge in [0.15, 0.2) is 0 Å². The average Bonchev–Trinajstić information content (AvgIpc) is 0.875. The second-order valence-electron chi connectivity index (χ2n) is 35.8. The Balaban J connectivity index is 0.500. The second-order valence-corrected chi connectivity index (χ2v) is 35.8. The predicted octanol–water partition coefficient (Wildman–Crippen LogP) is 19.5. The Morgan fingerprint density at radius 1 is 0.263 bits per heavy atom. The third kappa shape index (κ3) is 21.6. The average molecular weight is 1330 g/mol. The smallest absolute Gasteiger partial charge is 0.0773 e. The molecule has 548 valence electrons. The van der Waals surface area contributed by atoms with E-state index in [4.69, 9.17) is 14.2 Å². The summed E-state index contributed by atoms with van der Waals surface area (Å²) in [4.78, 5) is 12.6. The molecule has 10 heteroatoms. The Morgan fingerprint density at radius 2 is 0.505 bits per heavy atom. The molecule has 2 unspecified atom stereocenters. The molecule has 0 heterocycles. The van der Waals surface area contributed by atoms with Crippen molar-refractivity contribution < 1.29 is 29.5 Å². The van der Waals surface area contributed by atoms with Crippen LogP contribution in [0.5, 0.6) is 0 Å². The van der Waals surface area contributed by atoms with Crippen molar-refractivity contribution in [3.8, 4) is 0 Å². The van der Waals surface area contributed by atoms with Gasteiger partial charge in [-0.2, -0.15) is 0 Å². The number of hydrogen-bond acceptors (Lipinski definition) is 10. The summed E-state index contributed by atoms with van der Waals surface area (Å²) in [5.74, 6) is 3.83. The standard InChI is InChI=1S/C85H152N4O6/c1-2-80(90)62-94-84-57-49-78(50-58-84)88(70-24-14-8-15-25-70)74-41-35-67(36-42-74)66-31-39-73(40-32-66)87(69-22-12-7-13-23-69)77-47-55-83(56-48-77)93-61-19-5-3-4-18-28-82(92)63-95-85-59-51-79(52-60-85)89(71-26-16-9-17-27-71)75-43-33-65(34-44-75)64-29-37-72(38-30-64)86(68-20-10-6-11-21-68)76-45-53-81(91)54-46-76/h64-85,90-92H,2-63H2,1H3. The van der Waals surface area contributed by atoms with E-state index in [1.807, 2.05) is 0 Å². The van der Waals surface area contributed by atoms with Crippen molar-refractivity contribution in [3.05, 3.63) is 0 Å². The van der Waals surface area contributed by atoms with Crippen LogP contribution in [0, 0.1) is 23.7 Å². The fourth-order valence-corrected chi connectivity index (χ4v) is 24.4. The van der Waals surface area contributed by atoms with Crippen molar-refractivity contribution in [2.24, 2.45) is 23.7 Å². The van der Waals surface area contributed by atoms with Crippen LogP contribution in [0.2, 0.25) is 0 Å². The van der Waals surface area contributed by atoms with Crippen LogP contribution in [0.15, 0.2) is 0 Å². The van der Waals surface area contributed by atoms with E-state index in [2.05, 4.69) is 26.5 Å². The Labute approximate surface area is 584 Å². The van der Waals surface area contributed by atoms with E-state index in [0.717, 1.165) is 135 Å². The summed E-state index contributed by atoms with van der Waals surface area (Å²) in [6, 6.07) is 9.45. The molecule has 12 aliphatic carbocycles. The van der Waals surface area contributed by atoms with E-state index in [1.54, 1.807) is 0 Å². The summed E-state index contributed by atoms with van der Waals surface area (Å²) < 4.78 is 19.5. The summed E-state index contributed by atoms with van der Waals surface area (Å²) in [6.45, 7) is 4.04. The number of unbranched alkanes of at least 4 members (excludes halogenated alkanes) is 4. The summed E-state index contributed by atoms with van der Waals surface area (Å²) in [5, 5.41) is 31.6. The van der Waals surface area contributed by atoms with E-state index in [0.29, 0.717) is 31.5 Å². The highest BCUT2D eigenvalue weighted by Crippen LogP contribution is 2.48. The SMILES string of the molecule is CCC(O)COC1CCC(N(C2CCCCC2)C2CCC(C3CCC(N(C4CCCCC4)C4CCC(OCCCCCCCC(O)COC5CCC(N(C6CCCCC6)C6CCC(C7CCC(N(C8CCCCC8)C8CCC(O)CC8)CC7)CC6)CC5)CC4)CC3)CC2)CC1. The molecule has 0 aromatic rings. The van der Waals surface area contributed by atoms with Crippen LogP contribution < -0.4 is 0 Å². The Kier molecular flexibility index (Phi) is 30.9. The number of hydrogen-bond donors (Lipinski definition) is 3. The van der Waals surface area contributed by atoms with Crippen molar-refractivity contribution in [2.45, 2.75) is 495 Å². The minimum absolute atomic E-state index is 0.0479. The van der Waals surface area contributed by atoms with Gasteiger partial charge in [0.1, 0.15) is 0 Å². The molecule has 2 atom stereocenters. The van der Waals surface area contributed by atoms with Crippen molar-refractivity contribution in [3.63, 3.8) is 0 Å². The van der Waals surface area contributed by atoms with Gasteiger partial charge in [0.25, 0.3) is 0 Å². The van der Waals surface area contributed by atoms with Crippen LogP contribution in [0.25, 0.3) is 0 Å². The first-order chi connectivity index (χ1) is 46.8. The first kappa shape index (κ1) is 74.3. The van der Waals surface area contributed by atoms with Crippen molar-refractivity contribution in [1.29, 1.82) is 0 Å². The number of aliphatic hydroxyl groups is 3. The van der Waals surface area contributed by atoms with Gasteiger partial charge in [0.05, 0.1) is 49.8 Å². The van der Waals surface area contributed by atoms with Crippen molar-refractivity contribution >= 4 is 0 Å². The van der Waals surface area contributed by atoms with E-state index in [-0.39, 0.29) is 18.3 Å². The zero-order valence-corrected chi connectivity index (χ0v) is 61.9. The van der Waals surface area contributed by atoms with Crippen LogP contribution in [0.4, 0.5) is 0 Å². The molecule has 0 aromatic carbocycles. The maximum absolute atomic E-state index is 11.1. The van der Waals surface area contributed by atoms with Crippen LogP contribution in [0.3, 0.4) is 0 Å². The molecule has 0 spiro atoms. The van der Waals surface area contributed by atoms with Crippen LogP contribution in [0.1, 0.15) is 386 Å². The molecule has 0 amide bonds. The number of rotatable bonds is 30. The van der Waals surface area contributed by atoms with E-state index in [1.165, 1.54) is 347 Å². The van der Waals surface area contributed by atoms with Crippen LogP contribution >= 0.6 is 0 Å². The van der Waals surface area contributed by atoms with Crippen LogP contribution in [-0.2, 0) is 14.2 Å². The van der Waals surface area contributed by atoms with E-state index < -0.39 is 0 Å². The Hall–Kier alpha value is -0.400. The van der Waals surface area contributed by atoms with Crippen LogP contribution in [-0.4, -0.2) is 164 Å². The van der Waals surface area contributed by atoms with Gasteiger partial charge in [-0.3, -0.25) is 19.6 Å². The van der Waals surface area contributed by atoms with E-state index in [9.17, 15) is 15.3 Å². The fourth-order valence-electron chi connectivity index (χ4n) is 24.4. The molecule has 12 saturated carbocycles. The van der Waals surface area contributed by atoms with E-state index >= 15 is 0 Å². The maximum atomic E-state index is 11.1. The maximum Gasteiger partial charge on any atom is 0.0773 e. The third-order valence-corrected chi connectivity index (χ3v) is 29.8. The number of nitrogens with zero attached hydrogens (tertiary/aromatic N) is 4. The normalized spacial score (nSPS) is 37.6. The lowest BCUT2D eigenvalue weighted by Gasteiger charge is -2.51. The molecule has 10 nitrogen and oxygen atoms in total. The highest BCUT2D eigenvalue weighted by Gasteiger charge is 2.45. The first-order valence-corrected chi connectivity index (χ1v) is 43.8. The first-order valence-electron chi connectivity index (χ1n) is 43.8. The lowest BCUT2D eigenvalue weighted by atomic mass is 9.70. The number of aliphatic hydroxyl groups excluding tert-OH is 3. The molecule has 95 heavy (non-hydrogen) atoms. The topological polar surface area (TPSA) is 101 Å². The summed E-state index contributed by atoms with van der Waals surface area (Å²) in [6.07, 6.45) is 79.8. The second kappa shape index (κ2) is 39.5. The van der Waals surface area contributed by atoms with Gasteiger partial charge in [-0.25, -0.2) is 0 Å². The molecule has 0 aliphatic heterocycles. The molecular weight excluding hydrogens is 1170 g/mol. The molecule has 0 bridgehead atoms. The van der Waals surface area contributed by atoms with Gasteiger partial charge >= 0.3 is 0 Å². The monoisotopic (exact) mass is 1330 g/mol. The highest BCUT2D eigenvalue weighted by atomic mass is 16.5. The van der Waals surface area contributed by atoms with Gasteiger partial charge in [0, 0.05) is 79.1 Å². The fraction of sp³-hybridized carbons (Fsp3) is 1.00. The zero-order valence-electron chi connectivity index (χ0n) is 61.9. The third-order valence-electron chi connectivity index (χ3n) is 29.8. The zero-order chi connectivity index (χ0) is 65.0. The molecule has 0 aromatic heterocycles. The number of ether oxygens (including phenoxy) is 3. The van der Waals surface area contributed by atoms with Crippen molar-refractivity contribution in [1.82, 2.24) is 19.6 Å². The highest BCUT2D eigenvalue weighted by molar-refractivity contribution is 4.99. The van der Waals surface area contributed by atoms with Crippen molar-refractivity contribution in [2.75, 3.05) is 19.8 Å². The van der Waals surface area contributed by atoms with Gasteiger partial charge in [-0.05, 0) is 300 Å². The molecule has 3 N–H and O–H groups in total. The minimum atomic E-state index is -0.323. The molecule has 0 radical (unpaired) electrons. The lowest BCUT2D eigenvalue weighted by molar-refractivity contribution is -0.0519. The Bertz CT molecular complexity index is 2020. The van der Waals surface area contributed by atoms with Gasteiger partial charge in [-0.15, -0.1) is 0 Å².